The minimum Gasteiger partial charge on any atom is -0.366 e. The highest BCUT2D eigenvalue weighted by Crippen LogP contribution is 2.36. The zero-order chi connectivity index (χ0) is 28.9. The fourth-order valence-corrected chi connectivity index (χ4v) is 5.26. The molecule has 4 rings (SSSR count). The predicted octanol–water partition coefficient (Wildman–Crippen LogP) is 4.07. The number of rotatable bonds is 9. The molecule has 2 amide bonds. The van der Waals surface area contributed by atoms with Crippen LogP contribution in [-0.2, 0) is 11.0 Å². The van der Waals surface area contributed by atoms with Crippen molar-refractivity contribution in [3.8, 4) is 0 Å². The molecule has 2 aromatic rings. The normalized spacial score (nSPS) is 20.2. The summed E-state index contributed by atoms with van der Waals surface area (Å²) >= 11 is 0. The summed E-state index contributed by atoms with van der Waals surface area (Å²) in [5.41, 5.74) is -0.0553. The molecule has 1 aliphatic heterocycles. The number of piperidine rings is 1. The van der Waals surface area contributed by atoms with Gasteiger partial charge in [-0.1, -0.05) is 6.42 Å². The molecule has 0 radical (unpaired) electrons. The van der Waals surface area contributed by atoms with Crippen molar-refractivity contribution < 1.29 is 27.2 Å². The molecule has 0 spiro atoms. The van der Waals surface area contributed by atoms with Crippen molar-refractivity contribution in [2.24, 2.45) is 5.92 Å². The molecule has 13 heteroatoms. The first kappa shape index (κ1) is 29.5. The summed E-state index contributed by atoms with van der Waals surface area (Å²) in [5, 5.41) is 8.16. The Kier molecular flexibility index (Phi) is 9.44. The van der Waals surface area contributed by atoms with E-state index < -0.39 is 42.1 Å². The quantitative estimate of drug-likeness (QED) is 0.394. The van der Waals surface area contributed by atoms with Gasteiger partial charge in [-0.25, -0.2) is 9.37 Å². The molecule has 9 nitrogen and oxygen atoms in total. The van der Waals surface area contributed by atoms with Gasteiger partial charge in [-0.3, -0.25) is 9.59 Å². The summed E-state index contributed by atoms with van der Waals surface area (Å²) in [6.45, 7) is 1.00. The maximum atomic E-state index is 13.7. The van der Waals surface area contributed by atoms with Gasteiger partial charge in [-0.2, -0.15) is 18.2 Å². The van der Waals surface area contributed by atoms with Crippen LogP contribution in [0.4, 0.5) is 35.0 Å². The monoisotopic (exact) mass is 565 g/mol. The van der Waals surface area contributed by atoms with Crippen molar-refractivity contribution in [3.05, 3.63) is 41.6 Å². The van der Waals surface area contributed by atoms with E-state index in [9.17, 15) is 27.2 Å². The zero-order valence-corrected chi connectivity index (χ0v) is 22.6. The smallest absolute Gasteiger partial charge is 0.366 e. The van der Waals surface area contributed by atoms with Crippen molar-refractivity contribution in [3.63, 3.8) is 0 Å². The fourth-order valence-electron chi connectivity index (χ4n) is 5.26. The second-order valence-electron chi connectivity index (χ2n) is 10.4. The van der Waals surface area contributed by atoms with Gasteiger partial charge < -0.3 is 25.8 Å². The molecule has 2 fully saturated rings. The van der Waals surface area contributed by atoms with E-state index in [1.54, 1.807) is 36.2 Å². The largest absolute Gasteiger partial charge is 0.421 e. The summed E-state index contributed by atoms with van der Waals surface area (Å²) in [6.07, 6.45) is -0.619. The van der Waals surface area contributed by atoms with Crippen molar-refractivity contribution >= 4 is 29.3 Å². The number of anilines is 3. The Bertz CT molecular complexity index is 1170. The van der Waals surface area contributed by atoms with E-state index in [0.29, 0.717) is 36.7 Å². The highest BCUT2D eigenvalue weighted by molar-refractivity contribution is 5.94. The number of likely N-dealkylation sites (tertiary alicyclic amines) is 1. The molecule has 0 bridgehead atoms. The lowest BCUT2D eigenvalue weighted by Gasteiger charge is -2.35. The van der Waals surface area contributed by atoms with Crippen LogP contribution in [0.25, 0.3) is 0 Å². The zero-order valence-electron chi connectivity index (χ0n) is 22.6. The number of halogens is 4. The Labute approximate surface area is 230 Å². The van der Waals surface area contributed by atoms with E-state index >= 15 is 0 Å². The summed E-state index contributed by atoms with van der Waals surface area (Å²) in [6, 6.07) is 6.17. The molecule has 2 aliphatic rings. The van der Waals surface area contributed by atoms with E-state index in [2.05, 4.69) is 37.9 Å². The number of nitrogens with zero attached hydrogens (tertiary/aromatic N) is 4. The minimum absolute atomic E-state index is 0.0746. The van der Waals surface area contributed by atoms with Gasteiger partial charge in [-0.05, 0) is 70.1 Å². The lowest BCUT2D eigenvalue weighted by atomic mass is 10.0. The van der Waals surface area contributed by atoms with Crippen molar-refractivity contribution in [2.45, 2.75) is 50.4 Å². The van der Waals surface area contributed by atoms with Gasteiger partial charge in [0, 0.05) is 43.1 Å². The van der Waals surface area contributed by atoms with Gasteiger partial charge >= 0.3 is 6.18 Å². The Hall–Kier alpha value is -3.48. The van der Waals surface area contributed by atoms with Crippen molar-refractivity contribution in [2.75, 3.05) is 51.0 Å². The molecule has 1 aromatic carbocycles. The molecular formula is C27H35F4N7O2. The Balaban J connectivity index is 1.46. The van der Waals surface area contributed by atoms with E-state index in [1.807, 2.05) is 0 Å². The van der Waals surface area contributed by atoms with Crippen LogP contribution in [0.2, 0.25) is 0 Å². The minimum atomic E-state index is -4.72. The standard InChI is InChI=1S/C27H35F4N7O2/c1-37-14-10-19(11-15-37)38(2)25(40)17-6-8-18(9-7-17)34-26-33-16-21(27(29,30)31)23(36-26)35-22-5-3-4-20(22)24(39)32-13-12-28/h6-9,16,19-20,22H,3-5,10-15H2,1-2H3,(H,32,39)(H2,33,34,35,36)/t20-,22+/m0/s1. The van der Waals surface area contributed by atoms with Gasteiger partial charge in [0.1, 0.15) is 18.1 Å². The first-order valence-electron chi connectivity index (χ1n) is 13.4. The van der Waals surface area contributed by atoms with E-state index in [0.717, 1.165) is 25.9 Å². The van der Waals surface area contributed by atoms with Crippen molar-refractivity contribution in [1.82, 2.24) is 25.1 Å². The van der Waals surface area contributed by atoms with Gasteiger partial charge in [0.2, 0.25) is 11.9 Å². The maximum Gasteiger partial charge on any atom is 0.421 e. The third kappa shape index (κ3) is 7.18. The summed E-state index contributed by atoms with van der Waals surface area (Å²) in [4.78, 5) is 37.3. The molecule has 218 valence electrons. The van der Waals surface area contributed by atoms with E-state index in [-0.39, 0.29) is 24.4 Å². The van der Waals surface area contributed by atoms with Gasteiger partial charge in [-0.15, -0.1) is 0 Å². The van der Waals surface area contributed by atoms with Crippen LogP contribution in [0.5, 0.6) is 0 Å². The maximum absolute atomic E-state index is 13.7. The van der Waals surface area contributed by atoms with Crippen LogP contribution in [0, 0.1) is 5.92 Å². The van der Waals surface area contributed by atoms with Crippen LogP contribution < -0.4 is 16.0 Å². The predicted molar refractivity (Wildman–Crippen MR) is 143 cm³/mol. The summed E-state index contributed by atoms with van der Waals surface area (Å²) in [5.74, 6) is -1.61. The molecule has 1 saturated carbocycles. The number of carbonyl (C=O) groups is 2. The number of amides is 2. The lowest BCUT2D eigenvalue weighted by Crippen LogP contribution is -2.44. The van der Waals surface area contributed by atoms with Gasteiger partial charge in [0.15, 0.2) is 0 Å². The first-order valence-corrected chi connectivity index (χ1v) is 13.4. The van der Waals surface area contributed by atoms with Gasteiger partial charge in [0.05, 0.1) is 5.92 Å². The number of hydrogen-bond acceptors (Lipinski definition) is 7. The fraction of sp³-hybridized carbons (Fsp3) is 0.556. The van der Waals surface area contributed by atoms with Crippen LogP contribution in [0.1, 0.15) is 48.0 Å². The SMILES string of the molecule is CN1CCC(N(C)C(=O)c2ccc(Nc3ncc(C(F)(F)F)c(N[C@@H]4CCC[C@@H]4C(=O)NCCF)n3)cc2)CC1. The molecule has 40 heavy (non-hydrogen) atoms. The number of hydrogen-bond donors (Lipinski definition) is 3. The molecule has 1 aliphatic carbocycles. The van der Waals surface area contributed by atoms with Crippen LogP contribution in [-0.4, -0.2) is 84.1 Å². The molecule has 1 aromatic heterocycles. The number of alkyl halides is 4. The topological polar surface area (TPSA) is 102 Å². The first-order chi connectivity index (χ1) is 19.1. The average molecular weight is 566 g/mol. The molecule has 0 unspecified atom stereocenters. The van der Waals surface area contributed by atoms with Gasteiger partial charge in [0.25, 0.3) is 5.91 Å². The highest BCUT2D eigenvalue weighted by atomic mass is 19.4. The van der Waals surface area contributed by atoms with Crippen LogP contribution in [0.3, 0.4) is 0 Å². The Morgan fingerprint density at radius 2 is 1.80 bits per heavy atom. The van der Waals surface area contributed by atoms with E-state index in [4.69, 9.17) is 0 Å². The summed E-state index contributed by atoms with van der Waals surface area (Å²) in [7, 11) is 3.86. The number of nitrogens with one attached hydrogen (secondary N) is 3. The third-order valence-electron chi connectivity index (χ3n) is 7.61. The Morgan fingerprint density at radius 3 is 2.45 bits per heavy atom. The number of benzene rings is 1. The van der Waals surface area contributed by atoms with Crippen LogP contribution >= 0.6 is 0 Å². The molecule has 3 N–H and O–H groups in total. The molecular weight excluding hydrogens is 530 g/mol. The lowest BCUT2D eigenvalue weighted by molar-refractivity contribution is -0.137. The second kappa shape index (κ2) is 12.8. The highest BCUT2D eigenvalue weighted by Gasteiger charge is 2.38. The third-order valence-corrected chi connectivity index (χ3v) is 7.61. The molecule has 1 saturated heterocycles. The van der Waals surface area contributed by atoms with E-state index in [1.165, 1.54) is 0 Å². The molecule has 2 heterocycles. The number of carbonyl (C=O) groups excluding carboxylic acids is 2. The summed E-state index contributed by atoms with van der Waals surface area (Å²) < 4.78 is 53.7. The average Bonchev–Trinajstić information content (AvgIpc) is 3.39. The molecule has 2 atom stereocenters. The second-order valence-corrected chi connectivity index (χ2v) is 10.4. The van der Waals surface area contributed by atoms with Crippen molar-refractivity contribution in [1.29, 1.82) is 0 Å². The number of aromatic nitrogens is 2. The van der Waals surface area contributed by atoms with Crippen LogP contribution in [0.15, 0.2) is 30.5 Å². The Morgan fingerprint density at radius 1 is 1.10 bits per heavy atom.